The Morgan fingerprint density at radius 2 is 2.26 bits per heavy atom. The first-order chi connectivity index (χ1) is 10.6. The molecule has 0 amide bonds. The van der Waals surface area contributed by atoms with Gasteiger partial charge in [0.1, 0.15) is 5.60 Å². The van der Waals surface area contributed by atoms with Crippen molar-refractivity contribution in [2.75, 3.05) is 19.6 Å². The Kier molecular flexibility index (Phi) is 8.56. The van der Waals surface area contributed by atoms with E-state index in [0.29, 0.717) is 19.0 Å². The van der Waals surface area contributed by atoms with Crippen LogP contribution in [0.1, 0.15) is 18.7 Å². The topological polar surface area (TPSA) is 74.5 Å². The molecule has 0 spiro atoms. The second-order valence-electron chi connectivity index (χ2n) is 5.14. The van der Waals surface area contributed by atoms with Crippen LogP contribution in [0.4, 0.5) is 0 Å². The van der Waals surface area contributed by atoms with Gasteiger partial charge in [0.15, 0.2) is 5.96 Å². The van der Waals surface area contributed by atoms with E-state index in [2.05, 4.69) is 20.7 Å². The predicted molar refractivity (Wildman–Crippen MR) is 106 cm³/mol. The van der Waals surface area contributed by atoms with Crippen LogP contribution in [0.15, 0.2) is 41.0 Å². The van der Waals surface area contributed by atoms with Gasteiger partial charge in [-0.05, 0) is 31.4 Å². The summed E-state index contributed by atoms with van der Waals surface area (Å²) in [6.45, 7) is 6.37. The number of hydrogen-bond donors (Lipinski definition) is 3. The van der Waals surface area contributed by atoms with Gasteiger partial charge in [-0.3, -0.25) is 4.68 Å². The van der Waals surface area contributed by atoms with Crippen LogP contribution in [-0.2, 0) is 12.1 Å². The third-order valence-corrected chi connectivity index (χ3v) is 4.26. The zero-order valence-electron chi connectivity index (χ0n) is 13.4. The van der Waals surface area contributed by atoms with E-state index in [0.717, 1.165) is 18.0 Å². The smallest absolute Gasteiger partial charge is 0.191 e. The maximum atomic E-state index is 10.5. The Morgan fingerprint density at radius 3 is 2.87 bits per heavy atom. The van der Waals surface area contributed by atoms with Gasteiger partial charge >= 0.3 is 0 Å². The molecular formula is C15H24IN5OS. The fourth-order valence-corrected chi connectivity index (χ4v) is 2.74. The summed E-state index contributed by atoms with van der Waals surface area (Å²) in [7, 11) is 0. The molecule has 0 saturated heterocycles. The summed E-state index contributed by atoms with van der Waals surface area (Å²) in [5, 5.41) is 23.0. The molecule has 0 aromatic carbocycles. The number of hydrogen-bond acceptors (Lipinski definition) is 4. The Balaban J connectivity index is 0.00000264. The van der Waals surface area contributed by atoms with E-state index in [1.54, 1.807) is 13.1 Å². The minimum Gasteiger partial charge on any atom is -0.383 e. The SMILES string of the molecule is CCNC(=NCC(C)(O)c1cccs1)NCCn1cccn1.I. The number of halogens is 1. The first-order valence-electron chi connectivity index (χ1n) is 7.38. The molecule has 2 rings (SSSR count). The van der Waals surface area contributed by atoms with Gasteiger partial charge in [-0.15, -0.1) is 35.3 Å². The average Bonchev–Trinajstić information content (AvgIpc) is 3.18. The van der Waals surface area contributed by atoms with Crippen molar-refractivity contribution >= 4 is 41.3 Å². The summed E-state index contributed by atoms with van der Waals surface area (Å²) >= 11 is 1.54. The maximum absolute atomic E-state index is 10.5. The van der Waals surface area contributed by atoms with Gasteiger partial charge < -0.3 is 15.7 Å². The van der Waals surface area contributed by atoms with E-state index < -0.39 is 5.60 Å². The Morgan fingerprint density at radius 1 is 1.43 bits per heavy atom. The van der Waals surface area contributed by atoms with Crippen LogP contribution in [0.2, 0.25) is 0 Å². The van der Waals surface area contributed by atoms with Crippen molar-refractivity contribution in [1.29, 1.82) is 0 Å². The molecule has 23 heavy (non-hydrogen) atoms. The molecule has 0 bridgehead atoms. The second kappa shape index (κ2) is 9.89. The van der Waals surface area contributed by atoms with Gasteiger partial charge in [-0.1, -0.05) is 6.07 Å². The largest absolute Gasteiger partial charge is 0.383 e. The first-order valence-corrected chi connectivity index (χ1v) is 8.26. The third kappa shape index (κ3) is 6.48. The van der Waals surface area contributed by atoms with Gasteiger partial charge in [-0.25, -0.2) is 4.99 Å². The molecule has 0 saturated carbocycles. The zero-order valence-corrected chi connectivity index (χ0v) is 16.5. The maximum Gasteiger partial charge on any atom is 0.191 e. The average molecular weight is 449 g/mol. The monoisotopic (exact) mass is 449 g/mol. The van der Waals surface area contributed by atoms with Crippen LogP contribution < -0.4 is 10.6 Å². The van der Waals surface area contributed by atoms with Crippen molar-refractivity contribution < 1.29 is 5.11 Å². The molecule has 2 aromatic rings. The van der Waals surface area contributed by atoms with Crippen molar-refractivity contribution in [2.24, 2.45) is 4.99 Å². The standard InChI is InChI=1S/C15H23N5OS.HI/c1-3-16-14(17-8-10-20-9-5-7-19-20)18-12-15(2,21)13-6-4-11-22-13;/h4-7,9,11,21H,3,8,10,12H2,1-2H3,(H2,16,17,18);1H. The number of aliphatic hydroxyl groups is 1. The molecule has 8 heteroatoms. The van der Waals surface area contributed by atoms with E-state index in [1.807, 2.05) is 41.4 Å². The van der Waals surface area contributed by atoms with Crippen LogP contribution >= 0.6 is 35.3 Å². The highest BCUT2D eigenvalue weighted by Gasteiger charge is 2.23. The summed E-state index contributed by atoms with van der Waals surface area (Å²) in [4.78, 5) is 5.40. The highest BCUT2D eigenvalue weighted by atomic mass is 127. The zero-order chi connectivity index (χ0) is 15.8. The lowest BCUT2D eigenvalue weighted by Crippen LogP contribution is -2.40. The lowest BCUT2D eigenvalue weighted by atomic mass is 10.1. The second-order valence-corrected chi connectivity index (χ2v) is 6.09. The fourth-order valence-electron chi connectivity index (χ4n) is 1.96. The van der Waals surface area contributed by atoms with Crippen molar-refractivity contribution in [3.8, 4) is 0 Å². The molecule has 1 unspecified atom stereocenters. The van der Waals surface area contributed by atoms with Crippen LogP contribution in [0.25, 0.3) is 0 Å². The molecule has 128 valence electrons. The van der Waals surface area contributed by atoms with Crippen LogP contribution in [-0.4, -0.2) is 40.5 Å². The Bertz CT molecular complexity index is 569. The fraction of sp³-hybridized carbons (Fsp3) is 0.467. The Labute approximate surface area is 158 Å². The Hall–Kier alpha value is -1.13. The van der Waals surface area contributed by atoms with Crippen LogP contribution in [0, 0.1) is 0 Å². The summed E-state index contributed by atoms with van der Waals surface area (Å²) in [6, 6.07) is 5.77. The van der Waals surface area contributed by atoms with E-state index >= 15 is 0 Å². The highest BCUT2D eigenvalue weighted by Crippen LogP contribution is 2.25. The van der Waals surface area contributed by atoms with Crippen molar-refractivity contribution in [2.45, 2.75) is 26.0 Å². The summed E-state index contributed by atoms with van der Waals surface area (Å²) < 4.78 is 1.86. The quantitative estimate of drug-likeness (QED) is 0.344. The molecule has 0 aliphatic carbocycles. The molecule has 2 aromatic heterocycles. The highest BCUT2D eigenvalue weighted by molar-refractivity contribution is 14.0. The molecule has 0 aliphatic heterocycles. The number of aliphatic imine (C=N–C) groups is 1. The first kappa shape index (κ1) is 19.9. The number of guanidine groups is 1. The summed E-state index contributed by atoms with van der Waals surface area (Å²) in [6.07, 6.45) is 3.69. The molecular weight excluding hydrogens is 425 g/mol. The van der Waals surface area contributed by atoms with Crippen LogP contribution in [0.3, 0.4) is 0 Å². The predicted octanol–water partition coefficient (Wildman–Crippen LogP) is 2.03. The number of nitrogens with one attached hydrogen (secondary N) is 2. The van der Waals surface area contributed by atoms with Gasteiger partial charge in [0.2, 0.25) is 0 Å². The number of nitrogens with zero attached hydrogens (tertiary/aromatic N) is 3. The van der Waals surface area contributed by atoms with Crippen molar-refractivity contribution in [1.82, 2.24) is 20.4 Å². The lowest BCUT2D eigenvalue weighted by molar-refractivity contribution is 0.0711. The van der Waals surface area contributed by atoms with Crippen molar-refractivity contribution in [3.05, 3.63) is 40.8 Å². The van der Waals surface area contributed by atoms with E-state index in [4.69, 9.17) is 0 Å². The third-order valence-electron chi connectivity index (χ3n) is 3.13. The number of thiophene rings is 1. The molecule has 0 fully saturated rings. The van der Waals surface area contributed by atoms with Gasteiger partial charge in [0.05, 0.1) is 13.1 Å². The van der Waals surface area contributed by atoms with Gasteiger partial charge in [0.25, 0.3) is 0 Å². The minimum atomic E-state index is -0.946. The summed E-state index contributed by atoms with van der Waals surface area (Å²) in [5.41, 5.74) is -0.946. The normalized spacial score (nSPS) is 14.0. The summed E-state index contributed by atoms with van der Waals surface area (Å²) in [5.74, 6) is 0.700. The number of rotatable bonds is 7. The molecule has 1 atom stereocenters. The molecule has 0 aliphatic rings. The van der Waals surface area contributed by atoms with Crippen molar-refractivity contribution in [3.63, 3.8) is 0 Å². The minimum absolute atomic E-state index is 0. The van der Waals surface area contributed by atoms with E-state index in [-0.39, 0.29) is 24.0 Å². The molecule has 6 nitrogen and oxygen atoms in total. The van der Waals surface area contributed by atoms with E-state index in [1.165, 1.54) is 11.3 Å². The number of aromatic nitrogens is 2. The molecule has 3 N–H and O–H groups in total. The van der Waals surface area contributed by atoms with Gasteiger partial charge in [-0.2, -0.15) is 5.10 Å². The van der Waals surface area contributed by atoms with Gasteiger partial charge in [0, 0.05) is 30.4 Å². The van der Waals surface area contributed by atoms with E-state index in [9.17, 15) is 5.11 Å². The van der Waals surface area contributed by atoms with Crippen LogP contribution in [0.5, 0.6) is 0 Å². The molecule has 2 heterocycles. The molecule has 0 radical (unpaired) electrons. The lowest BCUT2D eigenvalue weighted by Gasteiger charge is -2.20.